The first kappa shape index (κ1) is 42.9. The number of likely N-dealkylation sites (N-methyl/N-ethyl adjacent to an activating group) is 3. The molecule has 0 heterocycles. The van der Waals surface area contributed by atoms with Gasteiger partial charge in [0, 0.05) is 57.6 Å². The topological polar surface area (TPSA) is 158 Å². The van der Waals surface area contributed by atoms with Crippen LogP contribution < -0.4 is 29.6 Å². The fourth-order valence-electron chi connectivity index (χ4n) is 1.35. The maximum atomic E-state index is 11.6. The number of carbonyl (C=O) groups excluding carboxylic acids is 6. The van der Waals surface area contributed by atoms with Crippen LogP contribution in [0, 0.1) is 0 Å². The van der Waals surface area contributed by atoms with Crippen molar-refractivity contribution in [3.05, 3.63) is 0 Å². The second-order valence-corrected chi connectivity index (χ2v) is 9.81. The zero-order valence-corrected chi connectivity index (χ0v) is 31.2. The van der Waals surface area contributed by atoms with Crippen LogP contribution in [0.1, 0.15) is 99.5 Å². The van der Waals surface area contributed by atoms with Gasteiger partial charge in [-0.1, -0.05) is 27.6 Å². The molecule has 45 heavy (non-hydrogen) atoms. The summed E-state index contributed by atoms with van der Waals surface area (Å²) in [6.45, 7) is 12.1. The van der Waals surface area contributed by atoms with Crippen molar-refractivity contribution < 1.29 is 91.8 Å². The van der Waals surface area contributed by atoms with Gasteiger partial charge < -0.3 is 41.7 Å². The molecule has 17 heteroatoms. The first-order valence-corrected chi connectivity index (χ1v) is 12.4. The Morgan fingerprint density at radius 3 is 1.38 bits per heavy atom. The number of nitrogens with zero attached hydrogens (tertiary/aromatic N) is 3. The summed E-state index contributed by atoms with van der Waals surface area (Å²) >= 11 is 0. The van der Waals surface area contributed by atoms with Crippen molar-refractivity contribution in [2.75, 3.05) is 47.7 Å². The van der Waals surface area contributed by atoms with Crippen molar-refractivity contribution in [3.63, 3.8) is 0 Å². The average molecular weight is 690 g/mol. The molecule has 0 saturated heterocycles. The number of halogens is 1. The largest absolute Gasteiger partial charge is 1.00 e. The minimum atomic E-state index is -2.31. The Hall–Kier alpha value is -2.07. The van der Waals surface area contributed by atoms with Crippen LogP contribution in [-0.4, -0.2) is 118 Å². The molecule has 0 rings (SSSR count). The predicted molar refractivity (Wildman–Crippen MR) is 173 cm³/mol. The molecule has 0 aliphatic carbocycles. The molecular formula is C28H59BClN3NaO11. The van der Waals surface area contributed by atoms with Crippen molar-refractivity contribution in [2.45, 2.75) is 101 Å². The Bertz CT molecular complexity index is 975. The van der Waals surface area contributed by atoms with Gasteiger partial charge >= 0.3 is 53.7 Å². The van der Waals surface area contributed by atoms with Gasteiger partial charge in [-0.05, 0) is 55.5 Å². The van der Waals surface area contributed by atoms with Gasteiger partial charge in [-0.2, -0.15) is 0 Å². The van der Waals surface area contributed by atoms with Crippen LogP contribution in [0.4, 0.5) is 9.59 Å². The monoisotopic (exact) mass is 689 g/mol. The van der Waals surface area contributed by atoms with Gasteiger partial charge in [-0.3, -0.25) is 4.79 Å². The third-order valence-corrected chi connectivity index (χ3v) is 2.91. The summed E-state index contributed by atoms with van der Waals surface area (Å²) in [6, 6.07) is 0. The van der Waals surface area contributed by atoms with Gasteiger partial charge in [-0.25, -0.2) is 29.0 Å². The van der Waals surface area contributed by atoms with E-state index in [1.807, 2.05) is 0 Å². The number of hydrogen-bond donors (Lipinski definition) is 0. The molecule has 0 fully saturated rings. The third-order valence-electron chi connectivity index (χ3n) is 2.91. The van der Waals surface area contributed by atoms with E-state index in [2.05, 4.69) is 22.5 Å². The Kier molecular flexibility index (Phi) is 34.7. The van der Waals surface area contributed by atoms with Gasteiger partial charge in [-0.15, -0.1) is 12.4 Å². The van der Waals surface area contributed by atoms with Crippen LogP contribution in [0.2, 0.25) is 0 Å². The standard InChI is InChI=1S/C10H22N2O2.C8H15NO3.C4H6O4.C3H8.C2H3BO2.CH4.ClH.Na/c1-10(2,3)14-9(13)12(6)8-7-11(4)5;1-8(2,3)12-7(11)9(4)5-6-10;1-3(5)7-8-4(2)6;1-3-2;1-2(4)5-3;;;/h7-8H2,1-6H3;6H,5H2,1-4H3;1-2H3;3H2,1-2H3;1H3;1H4;1H;/q;;;;-1;;;+1/i4D,5D3;;;1D3;;;;. The van der Waals surface area contributed by atoms with Crippen molar-refractivity contribution in [3.8, 4) is 0 Å². The first-order valence-electron chi connectivity index (χ1n) is 16.1. The van der Waals surface area contributed by atoms with E-state index in [1.165, 1.54) is 30.8 Å². The van der Waals surface area contributed by atoms with E-state index in [0.29, 0.717) is 6.29 Å². The molecular weight excluding hydrogens is 624 g/mol. The van der Waals surface area contributed by atoms with Crippen LogP contribution in [0.3, 0.4) is 0 Å². The van der Waals surface area contributed by atoms with Crippen molar-refractivity contribution >= 4 is 56.8 Å². The van der Waals surface area contributed by atoms with E-state index in [-0.39, 0.29) is 82.5 Å². The first-order chi connectivity index (χ1) is 21.8. The fourth-order valence-corrected chi connectivity index (χ4v) is 1.35. The smallest absolute Gasteiger partial charge is 0.793 e. The van der Waals surface area contributed by atoms with E-state index in [1.54, 1.807) is 48.5 Å². The average Bonchev–Trinajstić information content (AvgIpc) is 2.90. The molecule has 0 atom stereocenters. The minimum Gasteiger partial charge on any atom is -0.793 e. The summed E-state index contributed by atoms with van der Waals surface area (Å²) in [5, 5.41) is 0. The van der Waals surface area contributed by atoms with Gasteiger partial charge in [0.2, 0.25) is 5.97 Å². The van der Waals surface area contributed by atoms with Gasteiger partial charge in [0.15, 0.2) is 0 Å². The van der Waals surface area contributed by atoms with Gasteiger partial charge in [0.1, 0.15) is 17.5 Å². The zero-order valence-electron chi connectivity index (χ0n) is 35.4. The Morgan fingerprint density at radius 1 is 0.800 bits per heavy atom. The van der Waals surface area contributed by atoms with Crippen molar-refractivity contribution in [2.24, 2.45) is 0 Å². The molecule has 0 aromatic carbocycles. The Balaban J connectivity index is -0.0000000827. The quantitative estimate of drug-likeness (QED) is 0.178. The number of carbonyl (C=O) groups is 6. The summed E-state index contributed by atoms with van der Waals surface area (Å²) in [7, 11) is 7.04. The van der Waals surface area contributed by atoms with Crippen LogP contribution in [0.15, 0.2) is 0 Å². The molecule has 263 valence electrons. The third kappa shape index (κ3) is 69.9. The van der Waals surface area contributed by atoms with Crippen LogP contribution in [-0.2, 0) is 43.1 Å². The summed E-state index contributed by atoms with van der Waals surface area (Å²) in [4.78, 5) is 73.1. The Labute approximate surface area is 311 Å². The molecule has 0 unspecified atom stereocenters. The molecule has 0 aromatic rings. The molecule has 0 aromatic heterocycles. The summed E-state index contributed by atoms with van der Waals surface area (Å²) in [6.07, 6.45) is -0.0516. The molecule has 14 nitrogen and oxygen atoms in total. The van der Waals surface area contributed by atoms with Crippen molar-refractivity contribution in [1.29, 1.82) is 0 Å². The second kappa shape index (κ2) is 36.4. The van der Waals surface area contributed by atoms with Gasteiger partial charge in [0.25, 0.3) is 0 Å². The molecule has 2 amide bonds. The van der Waals surface area contributed by atoms with Crippen LogP contribution in [0.25, 0.3) is 0 Å². The van der Waals surface area contributed by atoms with E-state index >= 15 is 0 Å². The van der Waals surface area contributed by atoms with Crippen LogP contribution in [0.5, 0.6) is 0 Å². The molecule has 0 N–H and O–H groups in total. The maximum Gasteiger partial charge on any atom is 1.00 e. The number of hydrogen-bond acceptors (Lipinski definition) is 12. The molecule has 0 bridgehead atoms. The second-order valence-electron chi connectivity index (χ2n) is 9.81. The molecule has 0 saturated carbocycles. The van der Waals surface area contributed by atoms with E-state index < -0.39 is 55.1 Å². The normalized spacial score (nSPS) is 11.8. The maximum absolute atomic E-state index is 11.6. The number of rotatable bonds is 5. The molecule has 0 aliphatic heterocycles. The minimum absolute atomic E-state index is 0. The summed E-state index contributed by atoms with van der Waals surface area (Å²) in [5.41, 5.74) is -1.08. The Morgan fingerprint density at radius 2 is 1.16 bits per heavy atom. The summed E-state index contributed by atoms with van der Waals surface area (Å²) in [5.74, 6) is -1.74. The predicted octanol–water partition coefficient (Wildman–Crippen LogP) is 1.61. The summed E-state index contributed by atoms with van der Waals surface area (Å²) < 4.78 is 62.0. The fraction of sp³-hybridized carbons (Fsp3) is 0.786. The van der Waals surface area contributed by atoms with Gasteiger partial charge in [0.05, 0.1) is 6.54 Å². The van der Waals surface area contributed by atoms with E-state index in [0.717, 1.165) is 18.7 Å². The van der Waals surface area contributed by atoms with Crippen LogP contribution >= 0.6 is 12.4 Å². The molecule has 0 aliphatic rings. The molecule has 0 spiro atoms. The number of ether oxygens (including phenoxy) is 2. The van der Waals surface area contributed by atoms with E-state index in [4.69, 9.17) is 19.1 Å². The van der Waals surface area contributed by atoms with E-state index in [9.17, 15) is 28.8 Å². The molecule has 3 radical (unpaired) electrons. The number of amides is 2. The zero-order chi connectivity index (χ0) is 40.4. The SMILES string of the molecule is C.CC(=O)OOC(C)=O.CN(CC=O)C(=O)OC(C)(C)C.Cl.[2H]C([2H])([2H])CC.[2H]CN(CCN(C)C(=O)OC(C)(C)C)C([2H])([2H])[2H].[B-]OC(C)=O.[Na+]. The van der Waals surface area contributed by atoms with Crippen molar-refractivity contribution in [1.82, 2.24) is 14.7 Å². The number of aldehydes is 1.